The molecule has 1 fully saturated rings. The maximum absolute atomic E-state index is 12.3. The molecule has 1 aromatic carbocycles. The Labute approximate surface area is 162 Å². The Hall–Kier alpha value is -3.50. The van der Waals surface area contributed by atoms with Gasteiger partial charge in [-0.05, 0) is 37.1 Å². The van der Waals surface area contributed by atoms with E-state index in [1.807, 2.05) is 36.4 Å². The topological polar surface area (TPSA) is 105 Å². The van der Waals surface area contributed by atoms with Crippen molar-refractivity contribution in [2.24, 2.45) is 0 Å². The third-order valence-corrected chi connectivity index (χ3v) is 4.81. The molecular formula is C21H19N5O2. The van der Waals surface area contributed by atoms with Crippen LogP contribution in [0.15, 0.2) is 42.7 Å². The number of likely N-dealkylation sites (tertiary alicyclic amines) is 1. The van der Waals surface area contributed by atoms with Gasteiger partial charge in [0.1, 0.15) is 11.8 Å². The summed E-state index contributed by atoms with van der Waals surface area (Å²) in [5.74, 6) is 5.68. The Kier molecular flexibility index (Phi) is 4.41. The van der Waals surface area contributed by atoms with Gasteiger partial charge in [-0.3, -0.25) is 4.79 Å². The fourth-order valence-corrected chi connectivity index (χ4v) is 3.26. The zero-order chi connectivity index (χ0) is 19.7. The van der Waals surface area contributed by atoms with E-state index in [0.717, 1.165) is 12.0 Å². The van der Waals surface area contributed by atoms with Gasteiger partial charge in [-0.15, -0.1) is 0 Å². The average molecular weight is 373 g/mol. The van der Waals surface area contributed by atoms with Crippen LogP contribution in [0.1, 0.15) is 18.4 Å². The fourth-order valence-electron chi connectivity index (χ4n) is 3.26. The molecule has 1 aliphatic rings. The van der Waals surface area contributed by atoms with Crippen molar-refractivity contribution >= 4 is 22.8 Å². The van der Waals surface area contributed by atoms with E-state index in [2.05, 4.69) is 26.8 Å². The molecule has 0 spiro atoms. The molecule has 7 nitrogen and oxygen atoms in total. The van der Waals surface area contributed by atoms with E-state index < -0.39 is 5.60 Å². The van der Waals surface area contributed by atoms with Gasteiger partial charge in [-0.25, -0.2) is 15.0 Å². The third kappa shape index (κ3) is 3.26. The number of aromatic nitrogens is 3. The number of hydrogen-bond donors (Lipinski definition) is 2. The van der Waals surface area contributed by atoms with Gasteiger partial charge in [0.15, 0.2) is 5.82 Å². The minimum Gasteiger partial charge on any atom is -0.382 e. The Balaban J connectivity index is 1.68. The lowest BCUT2D eigenvalue weighted by Crippen LogP contribution is -2.51. The maximum atomic E-state index is 12.3. The summed E-state index contributed by atoms with van der Waals surface area (Å²) in [5.41, 5.74) is 7.73. The number of fused-ring (bicyclic) bond motifs is 1. The Morgan fingerprint density at radius 1 is 1.25 bits per heavy atom. The average Bonchev–Trinajstić information content (AvgIpc) is 2.71. The van der Waals surface area contributed by atoms with Crippen LogP contribution >= 0.6 is 0 Å². The number of pyridine rings is 1. The lowest BCUT2D eigenvalue weighted by Gasteiger charge is -2.32. The van der Waals surface area contributed by atoms with Crippen molar-refractivity contribution < 1.29 is 9.90 Å². The summed E-state index contributed by atoms with van der Waals surface area (Å²) in [6.07, 6.45) is 2.47. The first-order valence-electron chi connectivity index (χ1n) is 8.95. The predicted octanol–water partition coefficient (Wildman–Crippen LogP) is 1.61. The highest BCUT2D eigenvalue weighted by Gasteiger charge is 2.39. The van der Waals surface area contributed by atoms with Gasteiger partial charge in [-0.2, -0.15) is 0 Å². The molecule has 28 heavy (non-hydrogen) atoms. The SMILES string of the molecule is CN1CCC[C@](O)(C#Cc2cccc(-c3ccc4ncnc(N)c4n3)c2)C1=O. The fraction of sp³-hybridized carbons (Fsp3) is 0.238. The molecule has 0 aliphatic carbocycles. The lowest BCUT2D eigenvalue weighted by molar-refractivity contribution is -0.148. The summed E-state index contributed by atoms with van der Waals surface area (Å²) in [6, 6.07) is 11.2. The molecule has 0 radical (unpaired) electrons. The number of nitrogens with zero attached hydrogens (tertiary/aromatic N) is 4. The predicted molar refractivity (Wildman–Crippen MR) is 106 cm³/mol. The Bertz CT molecular complexity index is 1130. The number of likely N-dealkylation sites (N-methyl/N-ethyl adjacent to an activating group) is 1. The highest BCUT2D eigenvalue weighted by Crippen LogP contribution is 2.24. The molecule has 1 atom stereocenters. The largest absolute Gasteiger partial charge is 0.382 e. The van der Waals surface area contributed by atoms with E-state index in [1.54, 1.807) is 7.05 Å². The van der Waals surface area contributed by atoms with Crippen LogP contribution in [0.2, 0.25) is 0 Å². The molecule has 7 heteroatoms. The molecule has 1 amide bonds. The van der Waals surface area contributed by atoms with Crippen LogP contribution in [-0.2, 0) is 4.79 Å². The zero-order valence-corrected chi connectivity index (χ0v) is 15.4. The summed E-state index contributed by atoms with van der Waals surface area (Å²) in [6.45, 7) is 0.638. The third-order valence-electron chi connectivity index (χ3n) is 4.81. The number of hydrogen-bond acceptors (Lipinski definition) is 6. The van der Waals surface area contributed by atoms with E-state index in [-0.39, 0.29) is 5.91 Å². The van der Waals surface area contributed by atoms with Gasteiger partial charge in [-0.1, -0.05) is 24.0 Å². The first kappa shape index (κ1) is 17.9. The van der Waals surface area contributed by atoms with Crippen LogP contribution in [0.3, 0.4) is 0 Å². The number of anilines is 1. The number of aliphatic hydroxyl groups is 1. The minimum atomic E-state index is -1.63. The van der Waals surface area contributed by atoms with Gasteiger partial charge >= 0.3 is 0 Å². The summed E-state index contributed by atoms with van der Waals surface area (Å²) < 4.78 is 0. The monoisotopic (exact) mass is 373 g/mol. The van der Waals surface area contributed by atoms with Crippen LogP contribution in [0.25, 0.3) is 22.3 Å². The van der Waals surface area contributed by atoms with Gasteiger partial charge in [0.2, 0.25) is 5.60 Å². The normalized spacial score (nSPS) is 19.4. The highest BCUT2D eigenvalue weighted by molar-refractivity contribution is 5.89. The summed E-state index contributed by atoms with van der Waals surface area (Å²) >= 11 is 0. The summed E-state index contributed by atoms with van der Waals surface area (Å²) in [4.78, 5) is 26.5. The van der Waals surface area contributed by atoms with Gasteiger partial charge in [0.05, 0.1) is 11.2 Å². The Morgan fingerprint density at radius 2 is 2.11 bits per heavy atom. The van der Waals surface area contributed by atoms with E-state index in [1.165, 1.54) is 11.2 Å². The molecule has 0 bridgehead atoms. The van der Waals surface area contributed by atoms with Crippen LogP contribution < -0.4 is 5.73 Å². The standard InChI is InChI=1S/C21H19N5O2/c1-26-11-3-9-21(28,20(26)27)10-8-14-4-2-5-15(12-14)16-6-7-17-18(25-16)19(22)24-13-23-17/h2,4-7,12-13,28H,3,9,11H2,1H3,(H2,22,23,24)/t21-/m0/s1. The number of nitrogens with two attached hydrogens (primary N) is 1. The molecule has 0 saturated carbocycles. The second-order valence-corrected chi connectivity index (χ2v) is 6.84. The van der Waals surface area contributed by atoms with Crippen molar-refractivity contribution in [1.82, 2.24) is 19.9 Å². The Morgan fingerprint density at radius 3 is 2.96 bits per heavy atom. The van der Waals surface area contributed by atoms with Gasteiger partial charge < -0.3 is 15.7 Å². The van der Waals surface area contributed by atoms with Gasteiger partial charge in [0.25, 0.3) is 5.91 Å². The van der Waals surface area contributed by atoms with Crippen molar-refractivity contribution in [3.8, 4) is 23.1 Å². The number of piperidine rings is 1. The second kappa shape index (κ2) is 6.91. The van der Waals surface area contributed by atoms with Gasteiger partial charge in [0, 0.05) is 24.7 Å². The number of nitrogen functional groups attached to an aromatic ring is 1. The molecule has 3 N–H and O–H groups in total. The van der Waals surface area contributed by atoms with E-state index in [0.29, 0.717) is 41.1 Å². The minimum absolute atomic E-state index is 0.324. The van der Waals surface area contributed by atoms with Crippen LogP contribution in [0, 0.1) is 11.8 Å². The van der Waals surface area contributed by atoms with Crippen LogP contribution in [0.5, 0.6) is 0 Å². The number of rotatable bonds is 1. The number of amides is 1. The van der Waals surface area contributed by atoms with E-state index in [4.69, 9.17) is 5.73 Å². The molecule has 1 saturated heterocycles. The summed E-state index contributed by atoms with van der Waals surface area (Å²) in [7, 11) is 1.68. The maximum Gasteiger partial charge on any atom is 0.267 e. The number of carbonyl (C=O) groups excluding carboxylic acids is 1. The molecule has 2 aromatic heterocycles. The van der Waals surface area contributed by atoms with Crippen molar-refractivity contribution in [3.63, 3.8) is 0 Å². The van der Waals surface area contributed by atoms with Crippen molar-refractivity contribution in [2.45, 2.75) is 18.4 Å². The molecule has 140 valence electrons. The molecule has 1 aliphatic heterocycles. The second-order valence-electron chi connectivity index (χ2n) is 6.84. The summed E-state index contributed by atoms with van der Waals surface area (Å²) in [5, 5.41) is 10.6. The first-order chi connectivity index (χ1) is 13.5. The molecule has 3 aromatic rings. The van der Waals surface area contributed by atoms with Crippen LogP contribution in [-0.4, -0.2) is 50.1 Å². The number of carbonyl (C=O) groups is 1. The highest BCUT2D eigenvalue weighted by atomic mass is 16.3. The lowest BCUT2D eigenvalue weighted by atomic mass is 9.92. The quantitative estimate of drug-likeness (QED) is 0.628. The number of benzene rings is 1. The van der Waals surface area contributed by atoms with E-state index in [9.17, 15) is 9.90 Å². The smallest absolute Gasteiger partial charge is 0.267 e. The van der Waals surface area contributed by atoms with Crippen molar-refractivity contribution in [3.05, 3.63) is 48.3 Å². The zero-order valence-electron chi connectivity index (χ0n) is 15.4. The molecule has 4 rings (SSSR count). The van der Waals surface area contributed by atoms with Crippen molar-refractivity contribution in [2.75, 3.05) is 19.3 Å². The molecular weight excluding hydrogens is 354 g/mol. The van der Waals surface area contributed by atoms with Crippen LogP contribution in [0.4, 0.5) is 5.82 Å². The molecule has 3 heterocycles. The first-order valence-corrected chi connectivity index (χ1v) is 8.95. The molecule has 0 unspecified atom stereocenters. The van der Waals surface area contributed by atoms with E-state index >= 15 is 0 Å². The van der Waals surface area contributed by atoms with Crippen molar-refractivity contribution in [1.29, 1.82) is 0 Å².